The van der Waals surface area contributed by atoms with Gasteiger partial charge in [0, 0.05) is 13.0 Å². The number of alkyl carbamates (subject to hydrolysis) is 1. The van der Waals surface area contributed by atoms with Crippen LogP contribution < -0.4 is 32.7 Å². The number of guanidine groups is 1. The molecular formula is C25H41N7O5S. The maximum absolute atomic E-state index is 13.2. The van der Waals surface area contributed by atoms with Crippen molar-refractivity contribution in [2.45, 2.75) is 70.2 Å². The number of amides is 4. The van der Waals surface area contributed by atoms with Gasteiger partial charge in [-0.25, -0.2) is 4.79 Å². The first-order chi connectivity index (χ1) is 17.8. The van der Waals surface area contributed by atoms with Crippen molar-refractivity contribution in [2.24, 2.45) is 11.5 Å². The Morgan fingerprint density at radius 2 is 1.53 bits per heavy atom. The molecule has 212 valence electrons. The molecule has 0 bridgehead atoms. The summed E-state index contributed by atoms with van der Waals surface area (Å²) in [6.45, 7) is 5.43. The minimum absolute atomic E-state index is 0.177. The Labute approximate surface area is 228 Å². The Bertz CT molecular complexity index is 940. The number of primary amides is 1. The summed E-state index contributed by atoms with van der Waals surface area (Å²) < 4.78 is 5.28. The van der Waals surface area contributed by atoms with Gasteiger partial charge in [0.25, 0.3) is 0 Å². The van der Waals surface area contributed by atoms with Crippen LogP contribution in [0.3, 0.4) is 0 Å². The zero-order valence-electron chi connectivity index (χ0n) is 22.5. The van der Waals surface area contributed by atoms with Gasteiger partial charge in [-0.3, -0.25) is 19.8 Å². The largest absolute Gasteiger partial charge is 0.444 e. The average Bonchev–Trinajstić information content (AvgIpc) is 2.82. The molecule has 0 aliphatic rings. The molecule has 0 heterocycles. The number of hydrogen-bond acceptors (Lipinski definition) is 7. The molecular weight excluding hydrogens is 510 g/mol. The first kappa shape index (κ1) is 32.5. The van der Waals surface area contributed by atoms with Crippen molar-refractivity contribution < 1.29 is 23.9 Å². The Morgan fingerprint density at radius 1 is 0.947 bits per heavy atom. The third-order valence-corrected chi connectivity index (χ3v) is 5.82. The molecule has 9 N–H and O–H groups in total. The van der Waals surface area contributed by atoms with Gasteiger partial charge in [-0.1, -0.05) is 30.3 Å². The number of hydrogen-bond donors (Lipinski definition) is 7. The van der Waals surface area contributed by atoms with Gasteiger partial charge >= 0.3 is 6.09 Å². The lowest BCUT2D eigenvalue weighted by Crippen LogP contribution is -2.57. The summed E-state index contributed by atoms with van der Waals surface area (Å²) in [6, 6.07) is 6.11. The molecule has 13 heteroatoms. The van der Waals surface area contributed by atoms with Gasteiger partial charge < -0.3 is 37.5 Å². The van der Waals surface area contributed by atoms with Crippen molar-refractivity contribution in [1.29, 1.82) is 5.41 Å². The van der Waals surface area contributed by atoms with Crippen LogP contribution in [-0.4, -0.2) is 72.1 Å². The van der Waals surface area contributed by atoms with Gasteiger partial charge in [0.05, 0.1) is 0 Å². The molecule has 0 aliphatic heterocycles. The molecule has 0 fully saturated rings. The normalized spacial score (nSPS) is 13.4. The Hall–Kier alpha value is -3.48. The van der Waals surface area contributed by atoms with Crippen LogP contribution in [0.25, 0.3) is 0 Å². The number of carbonyl (C=O) groups is 4. The van der Waals surface area contributed by atoms with Gasteiger partial charge in [0.1, 0.15) is 23.7 Å². The fourth-order valence-electron chi connectivity index (χ4n) is 3.37. The summed E-state index contributed by atoms with van der Waals surface area (Å²) in [7, 11) is 0. The number of benzene rings is 1. The molecule has 0 spiro atoms. The van der Waals surface area contributed by atoms with Gasteiger partial charge in [-0.2, -0.15) is 11.8 Å². The highest BCUT2D eigenvalue weighted by atomic mass is 32.2. The van der Waals surface area contributed by atoms with E-state index in [1.165, 1.54) is 11.8 Å². The number of ether oxygens (including phenoxy) is 1. The SMILES string of the molecule is CSCC[C@H](NC(=O)OC(C)(C)C)C(=O)N[C@@H](CCCNC(=N)N)C(=O)N[C@@H](Cc1ccccc1)C(N)=O. The van der Waals surface area contributed by atoms with Crippen LogP contribution in [-0.2, 0) is 25.5 Å². The second kappa shape index (κ2) is 16.4. The van der Waals surface area contributed by atoms with Crippen LogP contribution in [0.1, 0.15) is 45.6 Å². The predicted octanol–water partition coefficient (Wildman–Crippen LogP) is 0.594. The number of nitrogens with two attached hydrogens (primary N) is 2. The van der Waals surface area contributed by atoms with Gasteiger partial charge in [-0.05, 0) is 57.6 Å². The smallest absolute Gasteiger partial charge is 0.408 e. The lowest BCUT2D eigenvalue weighted by molar-refractivity contribution is -0.132. The van der Waals surface area contributed by atoms with E-state index in [1.54, 1.807) is 20.8 Å². The highest BCUT2D eigenvalue weighted by molar-refractivity contribution is 7.98. The lowest BCUT2D eigenvalue weighted by atomic mass is 10.0. The van der Waals surface area contributed by atoms with E-state index in [-0.39, 0.29) is 18.8 Å². The molecule has 0 saturated carbocycles. The van der Waals surface area contributed by atoms with Crippen molar-refractivity contribution in [3.8, 4) is 0 Å². The Balaban J connectivity index is 3.02. The van der Waals surface area contributed by atoms with Crippen molar-refractivity contribution in [2.75, 3.05) is 18.6 Å². The molecule has 4 amide bonds. The highest BCUT2D eigenvalue weighted by Crippen LogP contribution is 2.10. The Morgan fingerprint density at radius 3 is 2.05 bits per heavy atom. The van der Waals surface area contributed by atoms with E-state index in [0.29, 0.717) is 25.1 Å². The summed E-state index contributed by atoms with van der Waals surface area (Å²) in [5.74, 6) is -1.51. The molecule has 0 unspecified atom stereocenters. The molecule has 38 heavy (non-hydrogen) atoms. The highest BCUT2D eigenvalue weighted by Gasteiger charge is 2.30. The van der Waals surface area contributed by atoms with E-state index in [1.807, 2.05) is 36.6 Å². The summed E-state index contributed by atoms with van der Waals surface area (Å²) >= 11 is 1.50. The maximum Gasteiger partial charge on any atom is 0.408 e. The van der Waals surface area contributed by atoms with Crippen LogP contribution >= 0.6 is 11.8 Å². The average molecular weight is 552 g/mol. The number of thioether (sulfide) groups is 1. The molecule has 1 aromatic rings. The topological polar surface area (TPSA) is 202 Å². The molecule has 12 nitrogen and oxygen atoms in total. The quantitative estimate of drug-likeness (QED) is 0.0932. The first-order valence-electron chi connectivity index (χ1n) is 12.3. The summed E-state index contributed by atoms with van der Waals surface area (Å²) in [6.07, 6.45) is 2.18. The van der Waals surface area contributed by atoms with Crippen molar-refractivity contribution in [1.82, 2.24) is 21.3 Å². The van der Waals surface area contributed by atoms with E-state index in [2.05, 4.69) is 21.3 Å². The number of rotatable bonds is 15. The number of nitrogens with one attached hydrogen (secondary N) is 5. The first-order valence-corrected chi connectivity index (χ1v) is 13.7. The van der Waals surface area contributed by atoms with Gasteiger partial charge in [0.2, 0.25) is 17.7 Å². The maximum atomic E-state index is 13.2. The molecule has 3 atom stereocenters. The van der Waals surface area contributed by atoms with Crippen LogP contribution in [0.2, 0.25) is 0 Å². The van der Waals surface area contributed by atoms with Crippen molar-refractivity contribution in [3.63, 3.8) is 0 Å². The van der Waals surface area contributed by atoms with E-state index < -0.39 is 47.5 Å². The van der Waals surface area contributed by atoms with Crippen molar-refractivity contribution >= 4 is 41.5 Å². The monoisotopic (exact) mass is 551 g/mol. The number of carbonyl (C=O) groups excluding carboxylic acids is 4. The molecule has 0 aromatic heterocycles. The third kappa shape index (κ3) is 13.7. The lowest BCUT2D eigenvalue weighted by Gasteiger charge is -2.26. The summed E-state index contributed by atoms with van der Waals surface area (Å²) in [5, 5.41) is 17.8. The minimum atomic E-state index is -1.04. The molecule has 1 rings (SSSR count). The standard InChI is InChI=1S/C25H41N7O5S/c1-25(2,3)37-24(36)32-18(12-14-38-4)22(35)30-17(11-8-13-29-23(27)28)21(34)31-19(20(26)33)15-16-9-6-5-7-10-16/h5-7,9-10,17-19H,8,11-15H2,1-4H3,(H2,26,33)(H,30,35)(H,31,34)(H,32,36)(H4,27,28,29)/t17-,18-,19-/m0/s1. The molecule has 0 saturated heterocycles. The fourth-order valence-corrected chi connectivity index (χ4v) is 3.84. The molecule has 0 aliphatic carbocycles. The zero-order valence-corrected chi connectivity index (χ0v) is 23.3. The van der Waals surface area contributed by atoms with E-state index in [4.69, 9.17) is 21.6 Å². The van der Waals surface area contributed by atoms with Gasteiger partial charge in [-0.15, -0.1) is 0 Å². The van der Waals surface area contributed by atoms with E-state index in [0.717, 1.165) is 5.56 Å². The second-order valence-corrected chi connectivity index (χ2v) is 10.7. The fraction of sp³-hybridized carbons (Fsp3) is 0.560. The van der Waals surface area contributed by atoms with Crippen molar-refractivity contribution in [3.05, 3.63) is 35.9 Å². The summed E-state index contributed by atoms with van der Waals surface area (Å²) in [4.78, 5) is 50.8. The van der Waals surface area contributed by atoms with Gasteiger partial charge in [0.15, 0.2) is 5.96 Å². The van der Waals surface area contributed by atoms with Crippen LogP contribution in [0.4, 0.5) is 4.79 Å². The minimum Gasteiger partial charge on any atom is -0.444 e. The Kier molecular flexibility index (Phi) is 14.0. The van der Waals surface area contributed by atoms with E-state index >= 15 is 0 Å². The van der Waals surface area contributed by atoms with Crippen LogP contribution in [0.5, 0.6) is 0 Å². The molecule has 1 aromatic carbocycles. The zero-order chi connectivity index (χ0) is 28.7. The predicted molar refractivity (Wildman–Crippen MR) is 149 cm³/mol. The second-order valence-electron chi connectivity index (χ2n) is 9.68. The third-order valence-electron chi connectivity index (χ3n) is 5.18. The van der Waals surface area contributed by atoms with Crippen LogP contribution in [0, 0.1) is 5.41 Å². The molecule has 0 radical (unpaired) electrons. The summed E-state index contributed by atoms with van der Waals surface area (Å²) in [5.41, 5.74) is 10.9. The van der Waals surface area contributed by atoms with Crippen LogP contribution in [0.15, 0.2) is 30.3 Å². The van der Waals surface area contributed by atoms with E-state index in [9.17, 15) is 19.2 Å².